The number of aryl methyl sites for hydroxylation is 2. The fourth-order valence-corrected chi connectivity index (χ4v) is 5.13. The van der Waals surface area contributed by atoms with Crippen LogP contribution in [0.1, 0.15) is 61.8 Å². The van der Waals surface area contributed by atoms with Gasteiger partial charge in [0.2, 0.25) is 0 Å². The molecule has 0 spiro atoms. The smallest absolute Gasteiger partial charge is 0.550 e. The van der Waals surface area contributed by atoms with Crippen molar-refractivity contribution in [2.24, 2.45) is 9.98 Å². The first-order valence-corrected chi connectivity index (χ1v) is 15.1. The van der Waals surface area contributed by atoms with Crippen LogP contribution in [-0.2, 0) is 26.4 Å². The predicted molar refractivity (Wildman–Crippen MR) is 179 cm³/mol. The van der Waals surface area contributed by atoms with Gasteiger partial charge < -0.3 is 30.0 Å². The minimum Gasteiger partial charge on any atom is -0.550 e. The van der Waals surface area contributed by atoms with Gasteiger partial charge in [-0.3, -0.25) is 9.98 Å². The maximum Gasteiger partial charge on any atom is 2.00 e. The Bertz CT molecular complexity index is 1530. The van der Waals surface area contributed by atoms with Crippen LogP contribution >= 0.6 is 0 Å². The second kappa shape index (κ2) is 19.0. The van der Waals surface area contributed by atoms with Crippen LogP contribution in [0.2, 0.25) is 0 Å². The molecular formula is C38H40CoN2O6. The number of carboxylic acid groups (broad SMARTS) is 2. The van der Waals surface area contributed by atoms with Crippen LogP contribution in [0.25, 0.3) is 22.3 Å². The first kappa shape index (κ1) is 38.4. The summed E-state index contributed by atoms with van der Waals surface area (Å²) in [6.07, 6.45) is 7.46. The summed E-state index contributed by atoms with van der Waals surface area (Å²) >= 11 is 0. The van der Waals surface area contributed by atoms with Gasteiger partial charge in [0.1, 0.15) is 11.5 Å². The molecule has 9 heteroatoms. The molecule has 0 amide bonds. The van der Waals surface area contributed by atoms with Gasteiger partial charge in [0.25, 0.3) is 0 Å². The third-order valence-corrected chi connectivity index (χ3v) is 7.39. The van der Waals surface area contributed by atoms with E-state index >= 15 is 0 Å². The summed E-state index contributed by atoms with van der Waals surface area (Å²) in [4.78, 5) is 27.5. The molecule has 0 saturated heterocycles. The zero-order valence-electron chi connectivity index (χ0n) is 27.0. The van der Waals surface area contributed by atoms with Crippen molar-refractivity contribution in [1.82, 2.24) is 0 Å². The molecule has 0 aliphatic heterocycles. The fourth-order valence-electron chi connectivity index (χ4n) is 5.13. The Morgan fingerprint density at radius 1 is 0.617 bits per heavy atom. The standard InChI is InChI=1S/C34H34N2O2.2C2H4O2.Co/c1-23-17-27(25-9-5-3-6-10-25)19-29(33(23)37)21-35-31-13-15-32(16-14-31)36-22-30-20-28(18-24(2)34(30)38)26-11-7-4-8-12-26;2*1-2(3)4;/h3-12,17-22,31-32,37-38H,13-16H2,1-2H3;2*1H3,(H,3,4);/q;;;+2/p-2. The number of carbonyl (C=O) groups excluding carboxylic acids is 2. The number of benzene rings is 4. The van der Waals surface area contributed by atoms with Crippen molar-refractivity contribution in [2.75, 3.05) is 0 Å². The molecular weight excluding hydrogens is 639 g/mol. The van der Waals surface area contributed by atoms with Crippen molar-refractivity contribution in [3.63, 3.8) is 0 Å². The minimum atomic E-state index is -1.08. The van der Waals surface area contributed by atoms with E-state index in [2.05, 4.69) is 24.3 Å². The number of phenols is 2. The molecule has 47 heavy (non-hydrogen) atoms. The number of aliphatic imine (C=N–C) groups is 2. The van der Waals surface area contributed by atoms with E-state index in [1.54, 1.807) is 0 Å². The second-order valence-corrected chi connectivity index (χ2v) is 11.2. The summed E-state index contributed by atoms with van der Waals surface area (Å²) < 4.78 is 0. The van der Waals surface area contributed by atoms with Crippen LogP contribution < -0.4 is 10.2 Å². The fraction of sp³-hybridized carbons (Fsp3) is 0.263. The Labute approximate surface area is 286 Å². The van der Waals surface area contributed by atoms with Gasteiger partial charge >= 0.3 is 16.8 Å². The van der Waals surface area contributed by atoms with Crippen molar-refractivity contribution in [2.45, 2.75) is 65.5 Å². The van der Waals surface area contributed by atoms with E-state index in [0.29, 0.717) is 11.5 Å². The SMILES string of the molecule is CC(=O)[O-].CC(=O)[O-].Cc1cc(-c2ccccc2)cc(C=NC2CCC(N=Cc3cc(-c4ccccc4)cc(C)c3O)CC2)c1O.[Co+2]. The number of carboxylic acids is 2. The van der Waals surface area contributed by atoms with Gasteiger partial charge in [-0.25, -0.2) is 0 Å². The van der Waals surface area contributed by atoms with Crippen LogP contribution in [0.3, 0.4) is 0 Å². The molecule has 1 aliphatic carbocycles. The quantitative estimate of drug-likeness (QED) is 0.261. The predicted octanol–water partition coefficient (Wildman–Crippen LogP) is 5.41. The number of aromatic hydroxyl groups is 2. The van der Waals surface area contributed by atoms with E-state index in [9.17, 15) is 10.2 Å². The molecule has 5 rings (SSSR count). The largest absolute Gasteiger partial charge is 2.00 e. The summed E-state index contributed by atoms with van der Waals surface area (Å²) in [5, 5.41) is 39.0. The zero-order chi connectivity index (χ0) is 33.6. The van der Waals surface area contributed by atoms with Gasteiger partial charge in [0.15, 0.2) is 0 Å². The van der Waals surface area contributed by atoms with Gasteiger partial charge in [0, 0.05) is 35.5 Å². The molecule has 0 atom stereocenters. The van der Waals surface area contributed by atoms with Crippen molar-refractivity contribution in [3.05, 3.63) is 107 Å². The molecule has 247 valence electrons. The van der Waals surface area contributed by atoms with Gasteiger partial charge in [-0.05, 0) is 111 Å². The Hall–Kier alpha value is -4.73. The van der Waals surface area contributed by atoms with Crippen molar-refractivity contribution in [1.29, 1.82) is 0 Å². The number of carbonyl (C=O) groups is 2. The molecule has 0 heterocycles. The molecule has 1 radical (unpaired) electrons. The van der Waals surface area contributed by atoms with Gasteiger partial charge in [-0.2, -0.15) is 0 Å². The zero-order valence-corrected chi connectivity index (χ0v) is 28.0. The number of aliphatic carboxylic acids is 2. The topological polar surface area (TPSA) is 145 Å². The average Bonchev–Trinajstić information content (AvgIpc) is 3.03. The van der Waals surface area contributed by atoms with Crippen LogP contribution in [0.4, 0.5) is 0 Å². The van der Waals surface area contributed by atoms with E-state index in [0.717, 1.165) is 84.0 Å². The molecule has 2 N–H and O–H groups in total. The molecule has 1 aliphatic rings. The number of hydrogen-bond acceptors (Lipinski definition) is 8. The van der Waals surface area contributed by atoms with Crippen LogP contribution in [0, 0.1) is 13.8 Å². The summed E-state index contributed by atoms with van der Waals surface area (Å²) in [5.41, 5.74) is 7.62. The normalized spacial score (nSPS) is 15.5. The van der Waals surface area contributed by atoms with E-state index in [-0.39, 0.29) is 28.9 Å². The van der Waals surface area contributed by atoms with Crippen LogP contribution in [0.15, 0.2) is 94.9 Å². The van der Waals surface area contributed by atoms with Gasteiger partial charge in [-0.15, -0.1) is 0 Å². The van der Waals surface area contributed by atoms with E-state index < -0.39 is 11.9 Å². The molecule has 1 saturated carbocycles. The number of rotatable bonds is 6. The van der Waals surface area contributed by atoms with E-state index in [1.807, 2.05) is 86.9 Å². The van der Waals surface area contributed by atoms with Crippen molar-refractivity contribution >= 4 is 24.4 Å². The van der Waals surface area contributed by atoms with Gasteiger partial charge in [-0.1, -0.05) is 60.7 Å². The second-order valence-electron chi connectivity index (χ2n) is 11.2. The van der Waals surface area contributed by atoms with Crippen molar-refractivity contribution < 1.29 is 46.8 Å². The molecule has 4 aromatic carbocycles. The molecule has 0 aromatic heterocycles. The first-order valence-electron chi connectivity index (χ1n) is 15.1. The van der Waals surface area contributed by atoms with Crippen LogP contribution in [-0.4, -0.2) is 46.7 Å². The molecule has 1 fully saturated rings. The number of nitrogens with zero attached hydrogens (tertiary/aromatic N) is 2. The summed E-state index contributed by atoms with van der Waals surface area (Å²) in [5.74, 6) is -1.58. The Morgan fingerprint density at radius 2 is 0.915 bits per heavy atom. The van der Waals surface area contributed by atoms with Crippen molar-refractivity contribution in [3.8, 4) is 33.8 Å². The number of phenolic OH excluding ortho intramolecular Hbond substituents is 2. The van der Waals surface area contributed by atoms with Gasteiger partial charge in [0.05, 0.1) is 12.1 Å². The Kier molecular flexibility index (Phi) is 15.6. The Morgan fingerprint density at radius 3 is 1.21 bits per heavy atom. The molecule has 8 nitrogen and oxygen atoms in total. The Balaban J connectivity index is 0.000000769. The summed E-state index contributed by atoms with van der Waals surface area (Å²) in [6, 6.07) is 28.9. The summed E-state index contributed by atoms with van der Waals surface area (Å²) in [6.45, 7) is 5.80. The molecule has 0 bridgehead atoms. The third-order valence-electron chi connectivity index (χ3n) is 7.39. The monoisotopic (exact) mass is 679 g/mol. The maximum atomic E-state index is 10.6. The molecule has 0 unspecified atom stereocenters. The minimum absolute atomic E-state index is 0. The third kappa shape index (κ3) is 12.5. The first-order chi connectivity index (χ1) is 21.9. The van der Waals surface area contributed by atoms with Crippen LogP contribution in [0.5, 0.6) is 11.5 Å². The number of hydrogen-bond donors (Lipinski definition) is 2. The molecule has 4 aromatic rings. The van der Waals surface area contributed by atoms with E-state index in [4.69, 9.17) is 29.8 Å². The summed E-state index contributed by atoms with van der Waals surface area (Å²) in [7, 11) is 0. The maximum absolute atomic E-state index is 10.6. The average molecular weight is 680 g/mol. The van der Waals surface area contributed by atoms with E-state index in [1.165, 1.54) is 0 Å².